The molecule has 2 aliphatic rings. The summed E-state index contributed by atoms with van der Waals surface area (Å²) in [6, 6.07) is 0. The van der Waals surface area contributed by atoms with Gasteiger partial charge in [0.05, 0.1) is 0 Å². The summed E-state index contributed by atoms with van der Waals surface area (Å²) in [4.78, 5) is 25.6. The van der Waals surface area contributed by atoms with Crippen LogP contribution in [0.4, 0.5) is 0 Å². The maximum Gasteiger partial charge on any atom is 0.245 e. The van der Waals surface area contributed by atoms with Gasteiger partial charge in [0.2, 0.25) is 11.8 Å². The largest absolute Gasteiger partial charge is 0.355 e. The third kappa shape index (κ3) is 2.98. The Labute approximate surface area is 114 Å². The van der Waals surface area contributed by atoms with Crippen molar-refractivity contribution in [2.24, 2.45) is 17.8 Å². The number of hydrogen-bond acceptors (Lipinski definition) is 2. The van der Waals surface area contributed by atoms with Crippen LogP contribution in [0.15, 0.2) is 12.7 Å². The number of likely N-dealkylation sites (tertiary alicyclic amines) is 1. The van der Waals surface area contributed by atoms with Crippen molar-refractivity contribution >= 4 is 11.8 Å². The van der Waals surface area contributed by atoms with Crippen LogP contribution >= 0.6 is 0 Å². The minimum atomic E-state index is -0.0249. The average molecular weight is 260 g/mol. The summed E-state index contributed by atoms with van der Waals surface area (Å²) in [5.41, 5.74) is 0. The smallest absolute Gasteiger partial charge is 0.245 e. The molecule has 1 saturated carbocycles. The lowest BCUT2D eigenvalue weighted by Crippen LogP contribution is -2.42. The van der Waals surface area contributed by atoms with E-state index >= 15 is 0 Å². The molecule has 3 unspecified atom stereocenters. The van der Waals surface area contributed by atoms with Crippen molar-refractivity contribution in [3.05, 3.63) is 12.7 Å². The predicted molar refractivity (Wildman–Crippen MR) is 72.9 cm³/mol. The molecule has 0 aromatic heterocycles. The molecule has 102 valence electrons. The Hall–Kier alpha value is -1.76. The molecule has 19 heavy (non-hydrogen) atoms. The Morgan fingerprint density at radius 1 is 1.42 bits per heavy atom. The van der Waals surface area contributed by atoms with Crippen molar-refractivity contribution in [1.29, 1.82) is 0 Å². The predicted octanol–water partition coefficient (Wildman–Crippen LogP) is 0.796. The Morgan fingerprint density at radius 3 is 2.89 bits per heavy atom. The maximum atomic E-state index is 12.1. The van der Waals surface area contributed by atoms with Crippen LogP contribution in [0.25, 0.3) is 0 Å². The molecule has 2 rings (SSSR count). The lowest BCUT2D eigenvalue weighted by Gasteiger charge is -2.31. The number of piperidine rings is 1. The van der Waals surface area contributed by atoms with E-state index in [1.807, 2.05) is 4.90 Å². The average Bonchev–Trinajstić information content (AvgIpc) is 2.72. The molecule has 2 fully saturated rings. The van der Waals surface area contributed by atoms with Crippen molar-refractivity contribution in [2.75, 3.05) is 19.6 Å². The van der Waals surface area contributed by atoms with E-state index < -0.39 is 0 Å². The molecule has 1 heterocycles. The molecule has 1 N–H and O–H groups in total. The van der Waals surface area contributed by atoms with Gasteiger partial charge in [-0.05, 0) is 30.8 Å². The second-order valence-corrected chi connectivity index (χ2v) is 5.40. The fourth-order valence-electron chi connectivity index (χ4n) is 3.28. The first-order chi connectivity index (χ1) is 9.15. The van der Waals surface area contributed by atoms with Crippen LogP contribution in [0, 0.1) is 30.1 Å². The van der Waals surface area contributed by atoms with Crippen LogP contribution in [0.3, 0.4) is 0 Å². The van der Waals surface area contributed by atoms with Crippen molar-refractivity contribution in [3.63, 3.8) is 0 Å². The highest BCUT2D eigenvalue weighted by atomic mass is 16.2. The highest BCUT2D eigenvalue weighted by molar-refractivity contribution is 5.87. The van der Waals surface area contributed by atoms with Crippen molar-refractivity contribution < 1.29 is 9.59 Å². The summed E-state index contributed by atoms with van der Waals surface area (Å²) in [6.45, 7) is 5.50. The van der Waals surface area contributed by atoms with E-state index in [-0.39, 0.29) is 23.7 Å². The van der Waals surface area contributed by atoms with Gasteiger partial charge in [0, 0.05) is 32.0 Å². The van der Waals surface area contributed by atoms with Gasteiger partial charge in [-0.15, -0.1) is 12.3 Å². The van der Waals surface area contributed by atoms with Gasteiger partial charge < -0.3 is 10.2 Å². The van der Waals surface area contributed by atoms with Crippen molar-refractivity contribution in [1.82, 2.24) is 10.2 Å². The number of nitrogens with zero attached hydrogens (tertiary/aromatic N) is 1. The minimum absolute atomic E-state index is 0.0249. The number of amides is 2. The molecular formula is C15H20N2O2. The number of carbonyl (C=O) groups is 2. The third-order valence-electron chi connectivity index (χ3n) is 4.12. The van der Waals surface area contributed by atoms with Crippen LogP contribution in [-0.4, -0.2) is 36.3 Å². The van der Waals surface area contributed by atoms with Gasteiger partial charge in [-0.1, -0.05) is 6.58 Å². The fraction of sp³-hybridized carbons (Fsp3) is 0.600. The molecule has 3 atom stereocenters. The standard InChI is InChI=1S/C15H20N2O2/c1-3-5-6-16-15(19)13-8-11-7-12(13)10-17(9-11)14(18)4-2/h1,4,11-13H,2,5-10H2,(H,16,19). The van der Waals surface area contributed by atoms with Gasteiger partial charge in [0.1, 0.15) is 0 Å². The van der Waals surface area contributed by atoms with E-state index in [1.54, 1.807) is 0 Å². The molecule has 1 saturated heterocycles. The molecule has 1 aliphatic heterocycles. The molecule has 4 nitrogen and oxygen atoms in total. The number of rotatable bonds is 4. The number of terminal acetylenes is 1. The third-order valence-corrected chi connectivity index (χ3v) is 4.12. The lowest BCUT2D eigenvalue weighted by atomic mass is 9.93. The Morgan fingerprint density at radius 2 is 2.21 bits per heavy atom. The van der Waals surface area contributed by atoms with Gasteiger partial charge >= 0.3 is 0 Å². The van der Waals surface area contributed by atoms with E-state index in [9.17, 15) is 9.59 Å². The number of nitrogens with one attached hydrogen (secondary N) is 1. The summed E-state index contributed by atoms with van der Waals surface area (Å²) in [5, 5.41) is 2.89. The second kappa shape index (κ2) is 5.92. The normalized spacial score (nSPS) is 28.6. The summed E-state index contributed by atoms with van der Waals surface area (Å²) in [6.07, 6.45) is 9.01. The highest BCUT2D eigenvalue weighted by Gasteiger charge is 2.43. The molecular weight excluding hydrogens is 240 g/mol. The van der Waals surface area contributed by atoms with E-state index in [4.69, 9.17) is 6.42 Å². The van der Waals surface area contributed by atoms with Crippen LogP contribution in [-0.2, 0) is 9.59 Å². The molecule has 0 aromatic rings. The highest BCUT2D eigenvalue weighted by Crippen LogP contribution is 2.41. The first-order valence-corrected chi connectivity index (χ1v) is 6.78. The van der Waals surface area contributed by atoms with Gasteiger partial charge in [0.15, 0.2) is 0 Å². The van der Waals surface area contributed by atoms with E-state index in [0.29, 0.717) is 25.4 Å². The van der Waals surface area contributed by atoms with Gasteiger partial charge in [-0.2, -0.15) is 0 Å². The summed E-state index contributed by atoms with van der Waals surface area (Å²) in [7, 11) is 0. The van der Waals surface area contributed by atoms with Gasteiger partial charge in [-0.25, -0.2) is 0 Å². The molecule has 0 spiro atoms. The maximum absolute atomic E-state index is 12.1. The quantitative estimate of drug-likeness (QED) is 0.462. The van der Waals surface area contributed by atoms with Crippen LogP contribution in [0.1, 0.15) is 19.3 Å². The van der Waals surface area contributed by atoms with E-state index in [1.165, 1.54) is 6.08 Å². The fourth-order valence-corrected chi connectivity index (χ4v) is 3.28. The molecule has 0 radical (unpaired) electrons. The molecule has 1 aliphatic carbocycles. The Balaban J connectivity index is 1.92. The Bertz CT molecular complexity index is 424. The SMILES string of the molecule is C#CCCNC(=O)C1CC2CC1CN(C(=O)C=C)C2. The van der Waals surface area contributed by atoms with Crippen LogP contribution < -0.4 is 5.32 Å². The monoisotopic (exact) mass is 260 g/mol. The minimum Gasteiger partial charge on any atom is -0.355 e. The topological polar surface area (TPSA) is 49.4 Å². The van der Waals surface area contributed by atoms with Crippen LogP contribution in [0.5, 0.6) is 0 Å². The van der Waals surface area contributed by atoms with Crippen LogP contribution in [0.2, 0.25) is 0 Å². The summed E-state index contributed by atoms with van der Waals surface area (Å²) in [5.74, 6) is 3.35. The molecule has 4 heteroatoms. The number of carbonyl (C=O) groups excluding carboxylic acids is 2. The summed E-state index contributed by atoms with van der Waals surface area (Å²) >= 11 is 0. The molecule has 2 bridgehead atoms. The van der Waals surface area contributed by atoms with E-state index in [2.05, 4.69) is 17.8 Å². The number of hydrogen-bond donors (Lipinski definition) is 1. The summed E-state index contributed by atoms with van der Waals surface area (Å²) < 4.78 is 0. The lowest BCUT2D eigenvalue weighted by molar-refractivity contribution is -0.130. The molecule has 2 amide bonds. The number of fused-ring (bicyclic) bond motifs is 2. The zero-order valence-electron chi connectivity index (χ0n) is 11.1. The van der Waals surface area contributed by atoms with E-state index in [0.717, 1.165) is 19.4 Å². The Kier molecular flexibility index (Phi) is 4.26. The van der Waals surface area contributed by atoms with Crippen molar-refractivity contribution in [3.8, 4) is 12.3 Å². The first kappa shape index (κ1) is 13.7. The zero-order valence-corrected chi connectivity index (χ0v) is 11.1. The molecule has 0 aromatic carbocycles. The second-order valence-electron chi connectivity index (χ2n) is 5.40. The van der Waals surface area contributed by atoms with Crippen molar-refractivity contribution in [2.45, 2.75) is 19.3 Å². The van der Waals surface area contributed by atoms with Gasteiger partial charge in [0.25, 0.3) is 0 Å². The van der Waals surface area contributed by atoms with Gasteiger partial charge in [-0.3, -0.25) is 9.59 Å². The zero-order chi connectivity index (χ0) is 13.8. The first-order valence-electron chi connectivity index (χ1n) is 6.78.